The summed E-state index contributed by atoms with van der Waals surface area (Å²) in [5, 5.41) is 2.09. The molecular formula is C14H20ClNO5. The zero-order chi connectivity index (χ0) is 15.3. The van der Waals surface area contributed by atoms with E-state index in [4.69, 9.17) is 25.8 Å². The van der Waals surface area contributed by atoms with E-state index in [0.29, 0.717) is 6.42 Å². The van der Waals surface area contributed by atoms with Crippen LogP contribution in [0.15, 0.2) is 0 Å². The largest absolute Gasteiger partial charge is 0.446 e. The summed E-state index contributed by atoms with van der Waals surface area (Å²) < 4.78 is 16.7. The molecule has 0 aromatic carbocycles. The van der Waals surface area contributed by atoms with E-state index in [9.17, 15) is 9.59 Å². The van der Waals surface area contributed by atoms with Crippen LogP contribution in [0.5, 0.6) is 0 Å². The van der Waals surface area contributed by atoms with Crippen LogP contribution in [0.3, 0.4) is 0 Å². The van der Waals surface area contributed by atoms with Crippen molar-refractivity contribution in [3.05, 3.63) is 0 Å². The van der Waals surface area contributed by atoms with Gasteiger partial charge in [-0.15, -0.1) is 11.6 Å². The number of halogens is 1. The van der Waals surface area contributed by atoms with Crippen molar-refractivity contribution >= 4 is 23.6 Å². The number of hydrogen-bond donors (Lipinski definition) is 1. The van der Waals surface area contributed by atoms with E-state index in [2.05, 4.69) is 19.2 Å². The van der Waals surface area contributed by atoms with Gasteiger partial charge in [-0.2, -0.15) is 0 Å². The molecule has 1 aliphatic carbocycles. The van der Waals surface area contributed by atoms with Crippen LogP contribution in [0.2, 0.25) is 0 Å². The molecule has 2 aliphatic heterocycles. The highest BCUT2D eigenvalue weighted by atomic mass is 35.5. The van der Waals surface area contributed by atoms with Gasteiger partial charge in [-0.1, -0.05) is 0 Å². The second-order valence-corrected chi connectivity index (χ2v) is 6.85. The number of ether oxygens (including phenoxy) is 3. The van der Waals surface area contributed by atoms with Gasteiger partial charge in [0, 0.05) is 5.92 Å². The molecule has 3 rings (SSSR count). The first-order valence-corrected chi connectivity index (χ1v) is 7.78. The molecule has 21 heavy (non-hydrogen) atoms. The van der Waals surface area contributed by atoms with Crippen LogP contribution in [0.25, 0.3) is 0 Å². The van der Waals surface area contributed by atoms with E-state index in [1.807, 2.05) is 0 Å². The molecule has 0 radical (unpaired) electrons. The lowest BCUT2D eigenvalue weighted by Gasteiger charge is -2.33. The van der Waals surface area contributed by atoms with Gasteiger partial charge in [-0.25, -0.2) is 4.79 Å². The standard InChI is InChI=1S/C14H20ClNO5/c1-13(2)11(21-13)9-5-8(3-4-14(9)7-19-14)20-12(18)16-10(17)6-15/h8-9,11H,3-7H2,1-2H3,(H,16,17,18). The van der Waals surface area contributed by atoms with Crippen LogP contribution in [0, 0.1) is 5.92 Å². The SMILES string of the molecule is CC1(C)OC1C1CC(OC(=O)NC(=O)CCl)CCC12CO2. The fourth-order valence-corrected chi connectivity index (χ4v) is 3.42. The summed E-state index contributed by atoms with van der Waals surface area (Å²) in [7, 11) is 0. The van der Waals surface area contributed by atoms with E-state index in [1.54, 1.807) is 0 Å². The van der Waals surface area contributed by atoms with Gasteiger partial charge in [0.15, 0.2) is 0 Å². The Balaban J connectivity index is 1.57. The van der Waals surface area contributed by atoms with Crippen molar-refractivity contribution in [2.24, 2.45) is 5.92 Å². The van der Waals surface area contributed by atoms with Crippen molar-refractivity contribution < 1.29 is 23.8 Å². The molecule has 1 N–H and O–H groups in total. The Hall–Kier alpha value is -0.850. The van der Waals surface area contributed by atoms with Gasteiger partial charge < -0.3 is 14.2 Å². The molecule has 2 heterocycles. The molecular weight excluding hydrogens is 298 g/mol. The molecule has 1 saturated carbocycles. The van der Waals surface area contributed by atoms with E-state index in [-0.39, 0.29) is 35.2 Å². The van der Waals surface area contributed by atoms with Crippen LogP contribution in [0.4, 0.5) is 4.79 Å². The van der Waals surface area contributed by atoms with Crippen molar-refractivity contribution in [1.82, 2.24) is 5.32 Å². The minimum atomic E-state index is -0.729. The Morgan fingerprint density at radius 2 is 2.10 bits per heavy atom. The molecule has 118 valence electrons. The van der Waals surface area contributed by atoms with E-state index in [0.717, 1.165) is 19.4 Å². The average Bonchev–Trinajstić information content (AvgIpc) is 3.31. The summed E-state index contributed by atoms with van der Waals surface area (Å²) in [6.45, 7) is 4.88. The van der Waals surface area contributed by atoms with E-state index in [1.165, 1.54) is 0 Å². The predicted molar refractivity (Wildman–Crippen MR) is 74.1 cm³/mol. The third-order valence-corrected chi connectivity index (χ3v) is 4.90. The molecule has 4 atom stereocenters. The second kappa shape index (κ2) is 5.11. The average molecular weight is 318 g/mol. The van der Waals surface area contributed by atoms with Crippen molar-refractivity contribution in [3.63, 3.8) is 0 Å². The summed E-state index contributed by atoms with van der Waals surface area (Å²) in [5.41, 5.74) is -0.205. The van der Waals surface area contributed by atoms with Crippen molar-refractivity contribution in [1.29, 1.82) is 0 Å². The minimum Gasteiger partial charge on any atom is -0.446 e. The first kappa shape index (κ1) is 15.1. The summed E-state index contributed by atoms with van der Waals surface area (Å²) in [6.07, 6.45) is 1.51. The minimum absolute atomic E-state index is 0.0826. The Labute approximate surface area is 128 Å². The molecule has 0 aromatic heterocycles. The Kier molecular flexibility index (Phi) is 3.66. The van der Waals surface area contributed by atoms with Crippen LogP contribution >= 0.6 is 11.6 Å². The molecule has 2 amide bonds. The second-order valence-electron chi connectivity index (χ2n) is 6.59. The van der Waals surface area contributed by atoms with Crippen molar-refractivity contribution in [2.45, 2.75) is 56.5 Å². The summed E-state index contributed by atoms with van der Waals surface area (Å²) in [5.74, 6) is -0.575. The predicted octanol–water partition coefficient (Wildman–Crippen LogP) is 1.59. The van der Waals surface area contributed by atoms with E-state index >= 15 is 0 Å². The highest BCUT2D eigenvalue weighted by Crippen LogP contribution is 2.55. The fraction of sp³-hybridized carbons (Fsp3) is 0.857. The Morgan fingerprint density at radius 1 is 1.43 bits per heavy atom. The number of imide groups is 1. The first-order chi connectivity index (χ1) is 9.86. The third-order valence-electron chi connectivity index (χ3n) is 4.66. The van der Waals surface area contributed by atoms with Crippen LogP contribution in [-0.2, 0) is 19.0 Å². The van der Waals surface area contributed by atoms with Gasteiger partial charge in [0.05, 0.1) is 23.9 Å². The molecule has 4 unspecified atom stereocenters. The maximum atomic E-state index is 11.6. The fourth-order valence-electron chi connectivity index (χ4n) is 3.35. The highest BCUT2D eigenvalue weighted by Gasteiger charge is 2.65. The number of alkyl halides is 1. The zero-order valence-corrected chi connectivity index (χ0v) is 12.9. The number of hydrogen-bond acceptors (Lipinski definition) is 5. The first-order valence-electron chi connectivity index (χ1n) is 7.24. The molecule has 2 saturated heterocycles. The maximum absolute atomic E-state index is 11.6. The molecule has 7 heteroatoms. The lowest BCUT2D eigenvalue weighted by molar-refractivity contribution is -0.118. The maximum Gasteiger partial charge on any atom is 0.414 e. The third kappa shape index (κ3) is 3.03. The zero-order valence-electron chi connectivity index (χ0n) is 12.2. The van der Waals surface area contributed by atoms with Gasteiger partial charge >= 0.3 is 6.09 Å². The molecule has 3 aliphatic rings. The quantitative estimate of drug-likeness (QED) is 0.631. The molecule has 3 fully saturated rings. The number of alkyl carbamates (subject to hydrolysis) is 1. The highest BCUT2D eigenvalue weighted by molar-refractivity contribution is 6.28. The number of carbonyl (C=O) groups excluding carboxylic acids is 2. The molecule has 6 nitrogen and oxygen atoms in total. The molecule has 0 bridgehead atoms. The van der Waals surface area contributed by atoms with E-state index < -0.39 is 12.0 Å². The number of epoxide rings is 2. The van der Waals surface area contributed by atoms with Gasteiger partial charge in [0.1, 0.15) is 12.0 Å². The summed E-state index contributed by atoms with van der Waals surface area (Å²) >= 11 is 5.34. The summed E-state index contributed by atoms with van der Waals surface area (Å²) in [4.78, 5) is 22.7. The van der Waals surface area contributed by atoms with Crippen LogP contribution in [-0.4, -0.2) is 47.9 Å². The normalized spacial score (nSPS) is 39.7. The smallest absolute Gasteiger partial charge is 0.414 e. The number of rotatable bonds is 3. The van der Waals surface area contributed by atoms with Crippen LogP contribution in [0.1, 0.15) is 33.1 Å². The van der Waals surface area contributed by atoms with Crippen LogP contribution < -0.4 is 5.32 Å². The number of amides is 2. The topological polar surface area (TPSA) is 80.5 Å². The summed E-state index contributed by atoms with van der Waals surface area (Å²) in [6, 6.07) is 0. The van der Waals surface area contributed by atoms with Crippen molar-refractivity contribution in [2.75, 3.05) is 12.5 Å². The lowest BCUT2D eigenvalue weighted by atomic mass is 9.74. The molecule has 0 aromatic rings. The van der Waals surface area contributed by atoms with Gasteiger partial charge in [-0.05, 0) is 33.1 Å². The lowest BCUT2D eigenvalue weighted by Crippen LogP contribution is -2.43. The monoisotopic (exact) mass is 317 g/mol. The van der Waals surface area contributed by atoms with Crippen molar-refractivity contribution in [3.8, 4) is 0 Å². The number of nitrogens with one attached hydrogen (secondary N) is 1. The van der Waals surface area contributed by atoms with Gasteiger partial charge in [0.25, 0.3) is 0 Å². The van der Waals surface area contributed by atoms with Gasteiger partial charge in [0.2, 0.25) is 5.91 Å². The Bertz CT molecular complexity index is 462. The molecule has 1 spiro atoms. The van der Waals surface area contributed by atoms with Gasteiger partial charge in [-0.3, -0.25) is 10.1 Å². The number of carbonyl (C=O) groups is 2. The Morgan fingerprint density at radius 3 is 2.62 bits per heavy atom.